The molecule has 4 rings (SSSR count). The maximum absolute atomic E-state index is 13.0. The molecule has 0 saturated carbocycles. The standard InChI is InChI=1S/C25H34N2O3S/c1-24(2,3)31(28)27-23-20-6-5-7-22(21(20)16-25(23)12-14-26-15-13-25)30-17-18-8-10-19(29-4)11-9-18/h5-11,23,26-27H,12-17H2,1-4H3/t23-,31-/m1/s1. The van der Waals surface area contributed by atoms with Crippen molar-refractivity contribution < 1.29 is 13.7 Å². The molecule has 2 aromatic carbocycles. The number of hydrogen-bond acceptors (Lipinski definition) is 4. The maximum Gasteiger partial charge on any atom is 0.123 e. The predicted molar refractivity (Wildman–Crippen MR) is 126 cm³/mol. The van der Waals surface area contributed by atoms with Gasteiger partial charge < -0.3 is 14.8 Å². The zero-order chi connectivity index (χ0) is 22.1. The third kappa shape index (κ3) is 4.66. The summed E-state index contributed by atoms with van der Waals surface area (Å²) < 4.78 is 27.8. The molecule has 0 radical (unpaired) electrons. The summed E-state index contributed by atoms with van der Waals surface area (Å²) in [6.45, 7) is 8.58. The number of methoxy groups -OCH3 is 1. The van der Waals surface area contributed by atoms with Gasteiger partial charge in [-0.2, -0.15) is 0 Å². The van der Waals surface area contributed by atoms with Crippen molar-refractivity contribution in [3.63, 3.8) is 0 Å². The van der Waals surface area contributed by atoms with Crippen molar-refractivity contribution in [2.75, 3.05) is 20.2 Å². The first-order valence-electron chi connectivity index (χ1n) is 11.1. The molecule has 1 saturated heterocycles. The Kier molecular flexibility index (Phi) is 6.42. The molecule has 31 heavy (non-hydrogen) atoms. The average molecular weight is 443 g/mol. The molecule has 168 valence electrons. The molecule has 0 aromatic heterocycles. The van der Waals surface area contributed by atoms with Crippen LogP contribution in [-0.4, -0.2) is 29.2 Å². The van der Waals surface area contributed by atoms with Crippen LogP contribution in [0.1, 0.15) is 56.3 Å². The number of nitrogens with one attached hydrogen (secondary N) is 2. The highest BCUT2D eigenvalue weighted by atomic mass is 32.2. The van der Waals surface area contributed by atoms with Gasteiger partial charge in [0.2, 0.25) is 0 Å². The van der Waals surface area contributed by atoms with E-state index >= 15 is 0 Å². The van der Waals surface area contributed by atoms with E-state index in [1.807, 2.05) is 45.0 Å². The average Bonchev–Trinajstić information content (AvgIpc) is 3.05. The largest absolute Gasteiger partial charge is 0.497 e. The van der Waals surface area contributed by atoms with Crippen LogP contribution in [0.15, 0.2) is 42.5 Å². The van der Waals surface area contributed by atoms with Gasteiger partial charge in [0, 0.05) is 0 Å². The first-order chi connectivity index (χ1) is 14.8. The van der Waals surface area contributed by atoms with Crippen LogP contribution in [0.25, 0.3) is 0 Å². The van der Waals surface area contributed by atoms with E-state index in [0.29, 0.717) is 6.61 Å². The second-order valence-corrected chi connectivity index (χ2v) is 11.7. The quantitative estimate of drug-likeness (QED) is 0.701. The van der Waals surface area contributed by atoms with Crippen LogP contribution in [-0.2, 0) is 24.0 Å². The molecule has 2 atom stereocenters. The fraction of sp³-hybridized carbons (Fsp3) is 0.520. The fourth-order valence-electron chi connectivity index (χ4n) is 4.71. The molecule has 1 spiro atoms. The van der Waals surface area contributed by atoms with Crippen LogP contribution < -0.4 is 19.5 Å². The SMILES string of the molecule is COc1ccc(COc2cccc3c2CC2(CCNCC2)[C@@H]3N[S@](=O)C(C)(C)C)cc1. The van der Waals surface area contributed by atoms with Gasteiger partial charge >= 0.3 is 0 Å². The summed E-state index contributed by atoms with van der Waals surface area (Å²) in [5, 5.41) is 3.49. The van der Waals surface area contributed by atoms with Gasteiger partial charge in [0.15, 0.2) is 0 Å². The number of piperidine rings is 1. The van der Waals surface area contributed by atoms with Crippen LogP contribution in [0, 0.1) is 5.41 Å². The summed E-state index contributed by atoms with van der Waals surface area (Å²) in [4.78, 5) is 0. The van der Waals surface area contributed by atoms with Crippen LogP contribution in [0.5, 0.6) is 11.5 Å². The van der Waals surface area contributed by atoms with Crippen molar-refractivity contribution in [1.82, 2.24) is 10.0 Å². The van der Waals surface area contributed by atoms with E-state index in [-0.39, 0.29) is 16.2 Å². The van der Waals surface area contributed by atoms with E-state index in [2.05, 4.69) is 28.2 Å². The van der Waals surface area contributed by atoms with Crippen LogP contribution >= 0.6 is 0 Å². The highest BCUT2D eigenvalue weighted by molar-refractivity contribution is 7.84. The molecule has 0 bridgehead atoms. The van der Waals surface area contributed by atoms with Gasteiger partial charge in [0.05, 0.1) is 28.9 Å². The van der Waals surface area contributed by atoms with Gasteiger partial charge in [-0.3, -0.25) is 0 Å². The van der Waals surface area contributed by atoms with E-state index in [1.165, 1.54) is 11.1 Å². The zero-order valence-electron chi connectivity index (χ0n) is 19.0. The second-order valence-electron chi connectivity index (χ2n) is 9.68. The van der Waals surface area contributed by atoms with Crippen molar-refractivity contribution in [3.05, 3.63) is 59.2 Å². The number of ether oxygens (including phenoxy) is 2. The minimum atomic E-state index is -1.13. The summed E-state index contributed by atoms with van der Waals surface area (Å²) in [5.74, 6) is 1.79. The number of benzene rings is 2. The lowest BCUT2D eigenvalue weighted by molar-refractivity contribution is 0.164. The predicted octanol–water partition coefficient (Wildman–Crippen LogP) is 4.29. The summed E-state index contributed by atoms with van der Waals surface area (Å²) in [5.41, 5.74) is 3.69. The van der Waals surface area contributed by atoms with Crippen molar-refractivity contribution in [2.45, 2.75) is 57.4 Å². The molecule has 1 heterocycles. The summed E-state index contributed by atoms with van der Waals surface area (Å²) in [7, 11) is 0.545. The van der Waals surface area contributed by atoms with Crippen LogP contribution in [0.4, 0.5) is 0 Å². The fourth-order valence-corrected chi connectivity index (χ4v) is 5.65. The minimum absolute atomic E-state index is 0.0775. The Labute approximate surface area is 188 Å². The lowest BCUT2D eigenvalue weighted by Crippen LogP contribution is -2.46. The Morgan fingerprint density at radius 3 is 2.48 bits per heavy atom. The van der Waals surface area contributed by atoms with Gasteiger partial charge in [0.25, 0.3) is 0 Å². The van der Waals surface area contributed by atoms with Crippen LogP contribution in [0.3, 0.4) is 0 Å². The molecule has 6 heteroatoms. The van der Waals surface area contributed by atoms with Crippen molar-refractivity contribution in [2.24, 2.45) is 5.41 Å². The summed E-state index contributed by atoms with van der Waals surface area (Å²) in [6.07, 6.45) is 3.10. The van der Waals surface area contributed by atoms with E-state index in [1.54, 1.807) is 7.11 Å². The minimum Gasteiger partial charge on any atom is -0.497 e. The van der Waals surface area contributed by atoms with E-state index in [4.69, 9.17) is 9.47 Å². The summed E-state index contributed by atoms with van der Waals surface area (Å²) in [6, 6.07) is 14.4. The molecule has 2 N–H and O–H groups in total. The summed E-state index contributed by atoms with van der Waals surface area (Å²) >= 11 is 0. The van der Waals surface area contributed by atoms with Gasteiger partial charge in [-0.05, 0) is 93.4 Å². The molecular formula is C25H34N2O3S. The van der Waals surface area contributed by atoms with Gasteiger partial charge in [-0.25, -0.2) is 8.93 Å². The molecular weight excluding hydrogens is 408 g/mol. The van der Waals surface area contributed by atoms with E-state index in [9.17, 15) is 4.21 Å². The van der Waals surface area contributed by atoms with E-state index < -0.39 is 11.0 Å². The zero-order valence-corrected chi connectivity index (χ0v) is 19.8. The van der Waals surface area contributed by atoms with Gasteiger partial charge in [-0.1, -0.05) is 24.3 Å². The number of rotatable bonds is 6. The van der Waals surface area contributed by atoms with Gasteiger partial charge in [-0.15, -0.1) is 0 Å². The molecule has 2 aliphatic rings. The van der Waals surface area contributed by atoms with Crippen molar-refractivity contribution >= 4 is 11.0 Å². The topological polar surface area (TPSA) is 59.6 Å². The first kappa shape index (κ1) is 22.3. The Morgan fingerprint density at radius 2 is 1.84 bits per heavy atom. The first-order valence-corrected chi connectivity index (χ1v) is 12.2. The number of hydrogen-bond donors (Lipinski definition) is 2. The Morgan fingerprint density at radius 1 is 1.13 bits per heavy atom. The Hall–Kier alpha value is -1.89. The third-order valence-electron chi connectivity index (χ3n) is 6.56. The maximum atomic E-state index is 13.0. The molecule has 1 fully saturated rings. The molecule has 2 aromatic rings. The molecule has 1 aliphatic carbocycles. The molecule has 5 nitrogen and oxygen atoms in total. The third-order valence-corrected chi connectivity index (χ3v) is 8.12. The van der Waals surface area contributed by atoms with Crippen molar-refractivity contribution in [3.8, 4) is 11.5 Å². The van der Waals surface area contributed by atoms with E-state index in [0.717, 1.165) is 49.4 Å². The van der Waals surface area contributed by atoms with Gasteiger partial charge in [0.1, 0.15) is 18.1 Å². The monoisotopic (exact) mass is 442 g/mol. The van der Waals surface area contributed by atoms with Crippen molar-refractivity contribution in [1.29, 1.82) is 0 Å². The highest BCUT2D eigenvalue weighted by Crippen LogP contribution is 2.53. The number of fused-ring (bicyclic) bond motifs is 1. The smallest absolute Gasteiger partial charge is 0.123 e. The molecule has 0 amide bonds. The second kappa shape index (κ2) is 8.93. The highest BCUT2D eigenvalue weighted by Gasteiger charge is 2.48. The lowest BCUT2D eigenvalue weighted by Gasteiger charge is -2.40. The van der Waals surface area contributed by atoms with Crippen LogP contribution in [0.2, 0.25) is 0 Å². The molecule has 0 unspecified atom stereocenters. The Balaban J connectivity index is 1.60. The Bertz CT molecular complexity index is 931. The lowest BCUT2D eigenvalue weighted by atomic mass is 9.73. The molecule has 1 aliphatic heterocycles. The normalized spacial score (nSPS) is 21.0.